The molecule has 0 bridgehead atoms. The fourth-order valence-electron chi connectivity index (χ4n) is 3.06. The lowest BCUT2D eigenvalue weighted by Crippen LogP contribution is -2.14. The van der Waals surface area contributed by atoms with Gasteiger partial charge in [0.1, 0.15) is 6.07 Å². The SMILES string of the molecule is C=C(NCc1cccc(C)c1)C(C#N)=C(c1ccccc1)c1ccccc1. The van der Waals surface area contributed by atoms with Crippen LogP contribution in [0.25, 0.3) is 5.57 Å². The highest BCUT2D eigenvalue weighted by molar-refractivity contribution is 5.86. The van der Waals surface area contributed by atoms with Crippen LogP contribution in [0.15, 0.2) is 103 Å². The molecule has 3 rings (SSSR count). The summed E-state index contributed by atoms with van der Waals surface area (Å²) in [6.07, 6.45) is 0. The zero-order chi connectivity index (χ0) is 19.1. The van der Waals surface area contributed by atoms with Crippen molar-refractivity contribution in [3.8, 4) is 6.07 Å². The van der Waals surface area contributed by atoms with Crippen LogP contribution in [0.5, 0.6) is 0 Å². The van der Waals surface area contributed by atoms with Crippen LogP contribution in [0.4, 0.5) is 0 Å². The van der Waals surface area contributed by atoms with Gasteiger partial charge in [-0.3, -0.25) is 0 Å². The molecule has 0 saturated carbocycles. The molecule has 0 saturated heterocycles. The first kappa shape index (κ1) is 18.2. The maximum atomic E-state index is 9.92. The van der Waals surface area contributed by atoms with Crippen molar-refractivity contribution in [2.75, 3.05) is 0 Å². The van der Waals surface area contributed by atoms with Crippen LogP contribution < -0.4 is 5.32 Å². The average Bonchev–Trinajstić information content (AvgIpc) is 2.71. The molecule has 2 heteroatoms. The molecule has 27 heavy (non-hydrogen) atoms. The molecule has 3 aromatic carbocycles. The van der Waals surface area contributed by atoms with Gasteiger partial charge >= 0.3 is 0 Å². The van der Waals surface area contributed by atoms with Gasteiger partial charge in [0.25, 0.3) is 0 Å². The summed E-state index contributed by atoms with van der Waals surface area (Å²) in [5, 5.41) is 13.2. The molecule has 0 aliphatic rings. The lowest BCUT2D eigenvalue weighted by molar-refractivity contribution is 0.829. The second kappa shape index (κ2) is 8.69. The maximum absolute atomic E-state index is 9.92. The Morgan fingerprint density at radius 3 is 2.00 bits per heavy atom. The van der Waals surface area contributed by atoms with Crippen LogP contribution in [0.3, 0.4) is 0 Å². The molecule has 1 N–H and O–H groups in total. The minimum absolute atomic E-state index is 0.556. The molecule has 0 aromatic heterocycles. The number of nitrogens with zero attached hydrogens (tertiary/aromatic N) is 1. The summed E-state index contributed by atoms with van der Waals surface area (Å²) in [6, 6.07) is 30.6. The second-order valence-electron chi connectivity index (χ2n) is 6.42. The first-order valence-corrected chi connectivity index (χ1v) is 8.93. The van der Waals surface area contributed by atoms with Gasteiger partial charge in [0.15, 0.2) is 0 Å². The standard InChI is InChI=1S/C25H22N2/c1-19-10-9-11-21(16-19)18-27-20(2)24(17-26)25(22-12-5-3-6-13-22)23-14-7-4-8-15-23/h3-16,27H,2,18H2,1H3. The number of nitriles is 1. The Hall–Kier alpha value is -3.57. The zero-order valence-electron chi connectivity index (χ0n) is 15.4. The molecule has 2 nitrogen and oxygen atoms in total. The van der Waals surface area contributed by atoms with E-state index in [1.165, 1.54) is 5.56 Å². The Morgan fingerprint density at radius 2 is 1.48 bits per heavy atom. The predicted octanol–water partition coefficient (Wildman–Crippen LogP) is 5.62. The molecule has 0 fully saturated rings. The average molecular weight is 350 g/mol. The molecule has 0 radical (unpaired) electrons. The lowest BCUT2D eigenvalue weighted by Gasteiger charge is -2.15. The van der Waals surface area contributed by atoms with Gasteiger partial charge in [0, 0.05) is 17.8 Å². The van der Waals surface area contributed by atoms with E-state index in [0.29, 0.717) is 17.8 Å². The highest BCUT2D eigenvalue weighted by Gasteiger charge is 2.14. The summed E-state index contributed by atoms with van der Waals surface area (Å²) >= 11 is 0. The Balaban J connectivity index is 1.97. The Morgan fingerprint density at radius 1 is 0.889 bits per heavy atom. The second-order valence-corrected chi connectivity index (χ2v) is 6.42. The van der Waals surface area contributed by atoms with E-state index in [1.807, 2.05) is 66.7 Å². The quantitative estimate of drug-likeness (QED) is 0.462. The smallest absolute Gasteiger partial charge is 0.102 e. The number of rotatable bonds is 6. The van der Waals surface area contributed by atoms with Crippen LogP contribution >= 0.6 is 0 Å². The van der Waals surface area contributed by atoms with Gasteiger partial charge in [-0.1, -0.05) is 97.1 Å². The predicted molar refractivity (Wildman–Crippen MR) is 112 cm³/mol. The monoisotopic (exact) mass is 350 g/mol. The fraction of sp³-hybridized carbons (Fsp3) is 0.0800. The van der Waals surface area contributed by atoms with E-state index in [2.05, 4.69) is 43.1 Å². The number of aryl methyl sites for hydroxylation is 1. The molecular formula is C25H22N2. The van der Waals surface area contributed by atoms with E-state index in [-0.39, 0.29) is 0 Å². The fourth-order valence-corrected chi connectivity index (χ4v) is 3.06. The number of hydrogen-bond acceptors (Lipinski definition) is 2. The summed E-state index contributed by atoms with van der Waals surface area (Å²) < 4.78 is 0. The Bertz CT molecular complexity index is 952. The first-order chi connectivity index (χ1) is 13.2. The van der Waals surface area contributed by atoms with Gasteiger partial charge in [0.2, 0.25) is 0 Å². The van der Waals surface area contributed by atoms with Gasteiger partial charge in [-0.25, -0.2) is 0 Å². The number of hydrogen-bond donors (Lipinski definition) is 1. The van der Waals surface area contributed by atoms with E-state index in [1.54, 1.807) is 0 Å². The number of benzene rings is 3. The van der Waals surface area contributed by atoms with Crippen molar-refractivity contribution in [3.05, 3.63) is 125 Å². The Kier molecular flexibility index (Phi) is 5.87. The third-order valence-electron chi connectivity index (χ3n) is 4.38. The van der Waals surface area contributed by atoms with Gasteiger partial charge in [-0.15, -0.1) is 0 Å². The number of allylic oxidation sites excluding steroid dienone is 1. The van der Waals surface area contributed by atoms with Crippen LogP contribution in [0.1, 0.15) is 22.3 Å². The van der Waals surface area contributed by atoms with Crippen molar-refractivity contribution in [2.45, 2.75) is 13.5 Å². The molecule has 0 unspecified atom stereocenters. The van der Waals surface area contributed by atoms with E-state index < -0.39 is 0 Å². The summed E-state index contributed by atoms with van der Waals surface area (Å²) in [5.74, 6) is 0. The van der Waals surface area contributed by atoms with E-state index in [0.717, 1.165) is 22.3 Å². The minimum atomic E-state index is 0.556. The van der Waals surface area contributed by atoms with Gasteiger partial charge < -0.3 is 5.32 Å². The molecule has 132 valence electrons. The molecule has 0 spiro atoms. The maximum Gasteiger partial charge on any atom is 0.102 e. The van der Waals surface area contributed by atoms with Crippen molar-refractivity contribution in [2.24, 2.45) is 0 Å². The molecule has 0 atom stereocenters. The van der Waals surface area contributed by atoms with Crippen molar-refractivity contribution < 1.29 is 0 Å². The minimum Gasteiger partial charge on any atom is -0.380 e. The third kappa shape index (κ3) is 4.54. The molecule has 0 aliphatic heterocycles. The van der Waals surface area contributed by atoms with Crippen LogP contribution in [-0.4, -0.2) is 0 Å². The molecular weight excluding hydrogens is 328 g/mol. The van der Waals surface area contributed by atoms with Crippen molar-refractivity contribution >= 4 is 5.57 Å². The van der Waals surface area contributed by atoms with Crippen molar-refractivity contribution in [1.29, 1.82) is 5.26 Å². The topological polar surface area (TPSA) is 35.8 Å². The van der Waals surface area contributed by atoms with Crippen LogP contribution in [-0.2, 0) is 6.54 Å². The summed E-state index contributed by atoms with van der Waals surface area (Å²) in [5.41, 5.74) is 6.44. The van der Waals surface area contributed by atoms with Gasteiger partial charge in [0.05, 0.1) is 5.57 Å². The lowest BCUT2D eigenvalue weighted by atomic mass is 9.92. The first-order valence-electron chi connectivity index (χ1n) is 8.93. The van der Waals surface area contributed by atoms with Crippen molar-refractivity contribution in [1.82, 2.24) is 5.32 Å². The zero-order valence-corrected chi connectivity index (χ0v) is 15.4. The van der Waals surface area contributed by atoms with Gasteiger partial charge in [-0.05, 0) is 23.6 Å². The molecule has 0 amide bonds. The van der Waals surface area contributed by atoms with Crippen molar-refractivity contribution in [3.63, 3.8) is 0 Å². The highest BCUT2D eigenvalue weighted by Crippen LogP contribution is 2.29. The largest absolute Gasteiger partial charge is 0.380 e. The van der Waals surface area contributed by atoms with E-state index >= 15 is 0 Å². The van der Waals surface area contributed by atoms with E-state index in [9.17, 15) is 5.26 Å². The normalized spacial score (nSPS) is 9.93. The van der Waals surface area contributed by atoms with E-state index in [4.69, 9.17) is 0 Å². The summed E-state index contributed by atoms with van der Waals surface area (Å²) in [4.78, 5) is 0. The third-order valence-corrected chi connectivity index (χ3v) is 4.38. The van der Waals surface area contributed by atoms with Gasteiger partial charge in [-0.2, -0.15) is 5.26 Å². The molecule has 0 aliphatic carbocycles. The Labute approximate surface area is 161 Å². The van der Waals surface area contributed by atoms with Crippen LogP contribution in [0, 0.1) is 18.3 Å². The highest BCUT2D eigenvalue weighted by atomic mass is 14.9. The summed E-state index contributed by atoms with van der Waals surface area (Å²) in [6.45, 7) is 6.84. The number of nitrogens with one attached hydrogen (secondary N) is 1. The molecule has 0 heterocycles. The van der Waals surface area contributed by atoms with Crippen LogP contribution in [0.2, 0.25) is 0 Å². The molecule has 3 aromatic rings. The summed E-state index contributed by atoms with van der Waals surface area (Å²) in [7, 11) is 0.